The van der Waals surface area contributed by atoms with Crippen molar-refractivity contribution in [2.45, 2.75) is 58.2 Å². The maximum Gasteiger partial charge on any atom is 0.491 e. The van der Waals surface area contributed by atoms with Crippen molar-refractivity contribution in [1.29, 1.82) is 0 Å². The van der Waals surface area contributed by atoms with Crippen LogP contribution in [-0.4, -0.2) is 19.6 Å². The smallest absolute Gasteiger partial charge is 0.488 e. The van der Waals surface area contributed by atoms with Gasteiger partial charge in [0.15, 0.2) is 0 Å². The van der Waals surface area contributed by atoms with E-state index in [1.165, 1.54) is 0 Å². The van der Waals surface area contributed by atoms with Gasteiger partial charge in [0.05, 0.1) is 0 Å². The summed E-state index contributed by atoms with van der Waals surface area (Å²) in [7, 11) is -2.19. The Kier molecular flexibility index (Phi) is 4.64. The second-order valence-electron chi connectivity index (χ2n) is 4.69. The molecule has 0 aliphatic rings. The average Bonchev–Trinajstić information content (AvgIpc) is 1.97. The summed E-state index contributed by atoms with van der Waals surface area (Å²) in [6.45, 7) is 12.4. The lowest BCUT2D eigenvalue weighted by Gasteiger charge is -2.39. The molecule has 4 heteroatoms. The van der Waals surface area contributed by atoms with E-state index in [4.69, 9.17) is 9.53 Å². The molecule has 14 heavy (non-hydrogen) atoms. The molecule has 0 heterocycles. The molecule has 0 amide bonds. The molecule has 0 saturated carbocycles. The zero-order chi connectivity index (χ0) is 11.5. The first-order valence-electron chi connectivity index (χ1n) is 5.17. The lowest BCUT2D eigenvalue weighted by molar-refractivity contribution is 0.137. The Balaban J connectivity index is 5.05. The first-order chi connectivity index (χ1) is 6.25. The van der Waals surface area contributed by atoms with Crippen LogP contribution in [0.2, 0.25) is 16.6 Å². The van der Waals surface area contributed by atoms with Gasteiger partial charge in [0.1, 0.15) is 0 Å². The molecule has 0 radical (unpaired) electrons. The second kappa shape index (κ2) is 4.82. The Morgan fingerprint density at radius 3 is 1.36 bits per heavy atom. The fraction of sp³-hybridized carbons (Fsp3) is 0.900. The first kappa shape index (κ1) is 13.5. The highest BCUT2D eigenvalue weighted by Gasteiger charge is 2.48. The third-order valence-electron chi connectivity index (χ3n) is 2.97. The van der Waals surface area contributed by atoms with Crippen molar-refractivity contribution in [2.75, 3.05) is 0 Å². The predicted octanol–water partition coefficient (Wildman–Crippen LogP) is 3.86. The van der Waals surface area contributed by atoms with Crippen molar-refractivity contribution in [3.63, 3.8) is 0 Å². The average molecular weight is 218 g/mol. The van der Waals surface area contributed by atoms with Crippen molar-refractivity contribution in [2.24, 2.45) is 0 Å². The molecule has 1 N–H and O–H groups in total. The van der Waals surface area contributed by atoms with Crippen LogP contribution < -0.4 is 0 Å². The number of carbonyl (C=O) groups is 1. The van der Waals surface area contributed by atoms with E-state index in [2.05, 4.69) is 41.5 Å². The van der Waals surface area contributed by atoms with Crippen molar-refractivity contribution in [3.05, 3.63) is 0 Å². The fourth-order valence-corrected chi connectivity index (χ4v) is 7.51. The second-order valence-corrected chi connectivity index (χ2v) is 10.1. The molecule has 0 rings (SSSR count). The van der Waals surface area contributed by atoms with Crippen LogP contribution in [0.4, 0.5) is 4.79 Å². The van der Waals surface area contributed by atoms with Gasteiger partial charge >= 0.3 is 6.16 Å². The number of carboxylic acid groups (broad SMARTS) is 1. The summed E-state index contributed by atoms with van der Waals surface area (Å²) < 4.78 is 5.28. The SMILES string of the molecule is CC(C)[Si](OC(=O)O)(C(C)C)C(C)C. The monoisotopic (exact) mass is 218 g/mol. The Morgan fingerprint density at radius 1 is 1.00 bits per heavy atom. The normalized spacial score (nSPS) is 12.6. The van der Waals surface area contributed by atoms with E-state index < -0.39 is 14.5 Å². The lowest BCUT2D eigenvalue weighted by Crippen LogP contribution is -2.48. The van der Waals surface area contributed by atoms with Crippen molar-refractivity contribution in [1.82, 2.24) is 0 Å². The van der Waals surface area contributed by atoms with Crippen LogP contribution in [0, 0.1) is 0 Å². The molecule has 0 unspecified atom stereocenters. The summed E-state index contributed by atoms with van der Waals surface area (Å²) >= 11 is 0. The predicted molar refractivity (Wildman–Crippen MR) is 60.2 cm³/mol. The third kappa shape index (κ3) is 2.50. The highest BCUT2D eigenvalue weighted by molar-refractivity contribution is 6.78. The molecule has 0 atom stereocenters. The first-order valence-corrected chi connectivity index (χ1v) is 7.31. The van der Waals surface area contributed by atoms with Gasteiger partial charge in [-0.2, -0.15) is 0 Å². The maximum atomic E-state index is 10.7. The highest BCUT2D eigenvalue weighted by atomic mass is 28.4. The van der Waals surface area contributed by atoms with Crippen molar-refractivity contribution in [3.8, 4) is 0 Å². The van der Waals surface area contributed by atoms with Crippen LogP contribution in [0.3, 0.4) is 0 Å². The van der Waals surface area contributed by atoms with Gasteiger partial charge in [-0.05, 0) is 16.6 Å². The zero-order valence-corrected chi connectivity index (χ0v) is 11.0. The van der Waals surface area contributed by atoms with E-state index in [-0.39, 0.29) is 0 Å². The topological polar surface area (TPSA) is 46.5 Å². The van der Waals surface area contributed by atoms with E-state index in [1.807, 2.05) is 0 Å². The van der Waals surface area contributed by atoms with Crippen molar-refractivity contribution < 1.29 is 14.3 Å². The minimum Gasteiger partial charge on any atom is -0.488 e. The summed E-state index contributed by atoms with van der Waals surface area (Å²) in [5.41, 5.74) is 0.954. The zero-order valence-electron chi connectivity index (χ0n) is 10.00. The third-order valence-corrected chi connectivity index (χ3v) is 8.91. The number of hydrogen-bond acceptors (Lipinski definition) is 2. The molecule has 0 spiro atoms. The van der Waals surface area contributed by atoms with Gasteiger partial charge in [-0.1, -0.05) is 41.5 Å². The molecule has 0 aromatic carbocycles. The molecule has 0 aromatic heterocycles. The van der Waals surface area contributed by atoms with Gasteiger partial charge in [-0.25, -0.2) is 4.79 Å². The summed E-state index contributed by atoms with van der Waals surface area (Å²) in [4.78, 5) is 10.7. The minimum atomic E-state index is -2.19. The van der Waals surface area contributed by atoms with Gasteiger partial charge in [0.2, 0.25) is 0 Å². The van der Waals surface area contributed by atoms with Gasteiger partial charge in [-0.15, -0.1) is 0 Å². The Morgan fingerprint density at radius 2 is 1.29 bits per heavy atom. The van der Waals surface area contributed by atoms with E-state index >= 15 is 0 Å². The van der Waals surface area contributed by atoms with Crippen LogP contribution in [0.25, 0.3) is 0 Å². The summed E-state index contributed by atoms with van der Waals surface area (Å²) in [5.74, 6) is 0. The quantitative estimate of drug-likeness (QED) is 0.729. The number of hydrogen-bond donors (Lipinski definition) is 1. The molecule has 0 aromatic rings. The minimum absolute atomic E-state index is 0.318. The Bertz CT molecular complexity index is 178. The van der Waals surface area contributed by atoms with Crippen molar-refractivity contribution >= 4 is 14.5 Å². The summed E-state index contributed by atoms with van der Waals surface area (Å²) in [5, 5.41) is 8.81. The molecular weight excluding hydrogens is 196 g/mol. The van der Waals surface area contributed by atoms with E-state index in [0.29, 0.717) is 16.6 Å². The van der Waals surface area contributed by atoms with Crippen LogP contribution in [0.5, 0.6) is 0 Å². The molecule has 0 aliphatic heterocycles. The van der Waals surface area contributed by atoms with Gasteiger partial charge in [0.25, 0.3) is 8.32 Å². The maximum absolute atomic E-state index is 10.7. The van der Waals surface area contributed by atoms with Crippen LogP contribution in [0.15, 0.2) is 0 Å². The molecule has 0 fully saturated rings. The van der Waals surface area contributed by atoms with Crippen LogP contribution in [-0.2, 0) is 4.43 Å². The van der Waals surface area contributed by atoms with Gasteiger partial charge < -0.3 is 9.53 Å². The van der Waals surface area contributed by atoms with Gasteiger partial charge in [0, 0.05) is 0 Å². The molecule has 0 bridgehead atoms. The largest absolute Gasteiger partial charge is 0.491 e. The van der Waals surface area contributed by atoms with E-state index in [9.17, 15) is 4.79 Å². The molecule has 84 valence electrons. The van der Waals surface area contributed by atoms with Crippen LogP contribution in [0.1, 0.15) is 41.5 Å². The van der Waals surface area contributed by atoms with Crippen LogP contribution >= 0.6 is 0 Å². The van der Waals surface area contributed by atoms with E-state index in [1.54, 1.807) is 0 Å². The Labute approximate surface area is 87.6 Å². The standard InChI is InChI=1S/C10H22O3Si/c1-7(2)14(8(3)4,9(5)6)13-10(11)12/h7-9H,1-6H3,(H,11,12). The molecule has 3 nitrogen and oxygen atoms in total. The number of rotatable bonds is 4. The lowest BCUT2D eigenvalue weighted by atomic mass is 10.5. The fourth-order valence-electron chi connectivity index (χ4n) is 2.50. The molecule has 0 aliphatic carbocycles. The van der Waals surface area contributed by atoms with Gasteiger partial charge in [-0.3, -0.25) is 0 Å². The molecular formula is C10H22O3Si. The highest BCUT2D eigenvalue weighted by Crippen LogP contribution is 2.42. The van der Waals surface area contributed by atoms with E-state index in [0.717, 1.165) is 0 Å². The molecule has 0 saturated heterocycles. The summed E-state index contributed by atoms with van der Waals surface area (Å²) in [6.07, 6.45) is -1.12. The Hall–Kier alpha value is -0.513. The summed E-state index contributed by atoms with van der Waals surface area (Å²) in [6, 6.07) is 0.